The van der Waals surface area contributed by atoms with E-state index in [1.54, 1.807) is 17.4 Å². The zero-order chi connectivity index (χ0) is 25.5. The molecule has 0 atom stereocenters. The van der Waals surface area contributed by atoms with Crippen LogP contribution in [0.4, 0.5) is 10.2 Å². The molecule has 0 bridgehead atoms. The second-order valence-electron chi connectivity index (χ2n) is 10.4. The van der Waals surface area contributed by atoms with E-state index in [0.29, 0.717) is 30.6 Å². The number of ether oxygens (including phenoxy) is 2. The fourth-order valence-corrected chi connectivity index (χ4v) is 7.19. The van der Waals surface area contributed by atoms with Crippen LogP contribution in [0, 0.1) is 5.82 Å². The third kappa shape index (κ3) is 4.69. The average Bonchev–Trinajstić information content (AvgIpc) is 3.60. The van der Waals surface area contributed by atoms with Gasteiger partial charge in [0.2, 0.25) is 0 Å². The first-order chi connectivity index (χ1) is 18.7. The molecule has 8 nitrogen and oxygen atoms in total. The number of hydrogen-bond acceptors (Lipinski definition) is 8. The summed E-state index contributed by atoms with van der Waals surface area (Å²) in [4.78, 5) is 21.8. The van der Waals surface area contributed by atoms with Crippen molar-refractivity contribution in [3.63, 3.8) is 0 Å². The monoisotopic (exact) mass is 536 g/mol. The zero-order valence-electron chi connectivity index (χ0n) is 21.5. The number of rotatable bonds is 5. The van der Waals surface area contributed by atoms with Crippen molar-refractivity contribution in [2.24, 2.45) is 0 Å². The molecular formula is C28H33FN6O2S. The zero-order valence-corrected chi connectivity index (χ0v) is 22.3. The molecule has 3 aliphatic rings. The maximum Gasteiger partial charge on any atom is 0.165 e. The number of aromatic amines is 1. The highest BCUT2D eigenvalue weighted by molar-refractivity contribution is 7.19. The molecule has 0 amide bonds. The van der Waals surface area contributed by atoms with E-state index < -0.39 is 0 Å². The van der Waals surface area contributed by atoms with E-state index in [1.807, 2.05) is 12.3 Å². The van der Waals surface area contributed by atoms with Crippen molar-refractivity contribution < 1.29 is 13.9 Å². The molecule has 0 unspecified atom stereocenters. The van der Waals surface area contributed by atoms with E-state index in [2.05, 4.69) is 25.8 Å². The van der Waals surface area contributed by atoms with E-state index in [0.717, 1.165) is 98.8 Å². The van der Waals surface area contributed by atoms with E-state index in [-0.39, 0.29) is 5.82 Å². The van der Waals surface area contributed by atoms with Gasteiger partial charge in [-0.1, -0.05) is 0 Å². The summed E-state index contributed by atoms with van der Waals surface area (Å²) in [6.07, 6.45) is 4.14. The number of nitrogens with one attached hydrogen (secondary N) is 1. The lowest BCUT2D eigenvalue weighted by molar-refractivity contribution is 0.0127. The summed E-state index contributed by atoms with van der Waals surface area (Å²) < 4.78 is 27.4. The summed E-state index contributed by atoms with van der Waals surface area (Å²) in [6.45, 7) is 9.91. The Hall–Kier alpha value is -2.63. The summed E-state index contributed by atoms with van der Waals surface area (Å²) in [7, 11) is 0. The molecule has 10 heteroatoms. The van der Waals surface area contributed by atoms with Gasteiger partial charge in [-0.2, -0.15) is 0 Å². The van der Waals surface area contributed by atoms with E-state index in [4.69, 9.17) is 19.4 Å². The molecular weight excluding hydrogens is 503 g/mol. The van der Waals surface area contributed by atoms with Crippen molar-refractivity contribution in [3.8, 4) is 11.4 Å². The van der Waals surface area contributed by atoms with Crippen molar-refractivity contribution in [1.82, 2.24) is 24.8 Å². The number of hydrogen-bond donors (Lipinski definition) is 1. The van der Waals surface area contributed by atoms with E-state index >= 15 is 4.39 Å². The molecule has 6 heterocycles. The highest BCUT2D eigenvalue weighted by atomic mass is 32.1. The van der Waals surface area contributed by atoms with Crippen LogP contribution in [-0.4, -0.2) is 96.5 Å². The second-order valence-corrected chi connectivity index (χ2v) is 11.6. The van der Waals surface area contributed by atoms with Gasteiger partial charge in [-0.25, -0.2) is 14.4 Å². The SMILES string of the molecule is Fc1ccc2[nH]ccc2c1-c1nc(N2CCOCC2)c2sc(CN3CCN(C4CCOCC4)CC3)cc2n1. The Morgan fingerprint density at radius 2 is 1.74 bits per heavy atom. The standard InChI is InChI=1S/C28H33FN6O2S/c29-22-1-2-23-21(3-6-30-23)25(22)27-31-24-17-20(38-26(24)28(32-27)35-11-15-37-16-12-35)18-33-7-9-34(10-8-33)19-4-13-36-14-5-19/h1-3,6,17,19,30H,4-5,7-16,18H2. The number of fused-ring (bicyclic) bond motifs is 2. The third-order valence-corrected chi connectivity index (χ3v) is 9.22. The van der Waals surface area contributed by atoms with Crippen LogP contribution in [0.2, 0.25) is 0 Å². The Bertz CT molecular complexity index is 1420. The molecule has 200 valence electrons. The molecule has 3 saturated heterocycles. The van der Waals surface area contributed by atoms with Crippen LogP contribution in [0.1, 0.15) is 17.7 Å². The number of morpholine rings is 1. The van der Waals surface area contributed by atoms with Crippen LogP contribution in [0.25, 0.3) is 32.5 Å². The van der Waals surface area contributed by atoms with Crippen molar-refractivity contribution in [3.05, 3.63) is 41.2 Å². The number of aromatic nitrogens is 3. The highest BCUT2D eigenvalue weighted by Gasteiger charge is 2.27. The summed E-state index contributed by atoms with van der Waals surface area (Å²) in [5.74, 6) is 1.03. The van der Waals surface area contributed by atoms with Gasteiger partial charge in [0, 0.05) is 87.0 Å². The minimum atomic E-state index is -0.303. The van der Waals surface area contributed by atoms with Crippen LogP contribution in [0.5, 0.6) is 0 Å². The van der Waals surface area contributed by atoms with Gasteiger partial charge in [0.25, 0.3) is 0 Å². The number of nitrogens with zero attached hydrogens (tertiary/aromatic N) is 5. The fourth-order valence-electron chi connectivity index (χ4n) is 6.03. The minimum absolute atomic E-state index is 0.303. The van der Waals surface area contributed by atoms with Gasteiger partial charge in [0.1, 0.15) is 5.82 Å². The molecule has 7 rings (SSSR count). The molecule has 1 N–H and O–H groups in total. The molecule has 3 aliphatic heterocycles. The molecule has 3 aromatic heterocycles. The lowest BCUT2D eigenvalue weighted by Gasteiger charge is -2.40. The van der Waals surface area contributed by atoms with Gasteiger partial charge in [0.15, 0.2) is 11.6 Å². The third-order valence-electron chi connectivity index (χ3n) is 8.12. The summed E-state index contributed by atoms with van der Waals surface area (Å²) >= 11 is 1.77. The topological polar surface area (TPSA) is 69.8 Å². The van der Waals surface area contributed by atoms with Crippen LogP contribution in [0.3, 0.4) is 0 Å². The largest absolute Gasteiger partial charge is 0.381 e. The van der Waals surface area contributed by atoms with Gasteiger partial charge < -0.3 is 19.4 Å². The van der Waals surface area contributed by atoms with Crippen LogP contribution in [-0.2, 0) is 16.0 Å². The molecule has 0 aliphatic carbocycles. The van der Waals surface area contributed by atoms with Crippen molar-refractivity contribution in [2.75, 3.05) is 70.6 Å². The summed E-state index contributed by atoms with van der Waals surface area (Å²) in [5.41, 5.74) is 2.23. The second kappa shape index (κ2) is 10.5. The lowest BCUT2D eigenvalue weighted by Crippen LogP contribution is -2.51. The number of benzene rings is 1. The smallest absolute Gasteiger partial charge is 0.165 e. The van der Waals surface area contributed by atoms with E-state index in [1.165, 1.54) is 10.9 Å². The quantitative estimate of drug-likeness (QED) is 0.412. The Balaban J connectivity index is 1.19. The van der Waals surface area contributed by atoms with Gasteiger partial charge >= 0.3 is 0 Å². The van der Waals surface area contributed by atoms with Crippen LogP contribution < -0.4 is 4.90 Å². The van der Waals surface area contributed by atoms with Crippen LogP contribution in [0.15, 0.2) is 30.5 Å². The Kier molecular flexibility index (Phi) is 6.75. The van der Waals surface area contributed by atoms with Gasteiger partial charge in [-0.05, 0) is 37.1 Å². The predicted molar refractivity (Wildman–Crippen MR) is 148 cm³/mol. The predicted octanol–water partition coefficient (Wildman–Crippen LogP) is 4.11. The lowest BCUT2D eigenvalue weighted by atomic mass is 10.1. The van der Waals surface area contributed by atoms with Crippen molar-refractivity contribution >= 4 is 38.3 Å². The number of thiophene rings is 1. The van der Waals surface area contributed by atoms with Gasteiger partial charge in [-0.3, -0.25) is 9.80 Å². The molecule has 1 aromatic carbocycles. The molecule has 0 spiro atoms. The molecule has 4 aromatic rings. The minimum Gasteiger partial charge on any atom is -0.381 e. The first-order valence-electron chi connectivity index (χ1n) is 13.7. The van der Waals surface area contributed by atoms with Gasteiger partial charge in [0.05, 0.1) is 29.0 Å². The molecule has 0 saturated carbocycles. The first kappa shape index (κ1) is 24.4. The van der Waals surface area contributed by atoms with Crippen molar-refractivity contribution in [2.45, 2.75) is 25.4 Å². The van der Waals surface area contributed by atoms with Crippen molar-refractivity contribution in [1.29, 1.82) is 0 Å². The summed E-state index contributed by atoms with van der Waals surface area (Å²) in [5, 5.41) is 0.801. The molecule has 38 heavy (non-hydrogen) atoms. The Labute approximate surface area is 225 Å². The Morgan fingerprint density at radius 1 is 0.947 bits per heavy atom. The van der Waals surface area contributed by atoms with E-state index in [9.17, 15) is 0 Å². The average molecular weight is 537 g/mol. The van der Waals surface area contributed by atoms with Gasteiger partial charge in [-0.15, -0.1) is 11.3 Å². The Morgan fingerprint density at radius 3 is 2.55 bits per heavy atom. The fraction of sp³-hybridized carbons (Fsp3) is 0.500. The number of halogens is 1. The van der Waals surface area contributed by atoms with Crippen LogP contribution >= 0.6 is 11.3 Å². The maximum atomic E-state index is 15.2. The maximum absolute atomic E-state index is 15.2. The number of H-pyrrole nitrogens is 1. The molecule has 0 radical (unpaired) electrons. The highest BCUT2D eigenvalue weighted by Crippen LogP contribution is 2.37. The first-order valence-corrected chi connectivity index (χ1v) is 14.5. The molecule has 3 fully saturated rings. The number of piperazine rings is 1. The number of anilines is 1. The normalized spacial score (nSPS) is 20.6. The summed E-state index contributed by atoms with van der Waals surface area (Å²) in [6, 6.07) is 8.02.